The van der Waals surface area contributed by atoms with Gasteiger partial charge in [0.25, 0.3) is 0 Å². The topological polar surface area (TPSA) is 78.9 Å². The molecular formula is C66H116O6. The van der Waals surface area contributed by atoms with Gasteiger partial charge in [0.05, 0.1) is 0 Å². The summed E-state index contributed by atoms with van der Waals surface area (Å²) in [4.78, 5) is 38.2. The average molecular weight is 1010 g/mol. The molecule has 6 nitrogen and oxygen atoms in total. The first kappa shape index (κ1) is 68.8. The number of allylic oxidation sites excluding steroid dienone is 12. The lowest BCUT2D eigenvalue weighted by Crippen LogP contribution is -2.30. The Hall–Kier alpha value is -3.15. The van der Waals surface area contributed by atoms with E-state index in [0.29, 0.717) is 19.3 Å². The number of hydrogen-bond donors (Lipinski definition) is 0. The smallest absolute Gasteiger partial charge is 0.306 e. The fraction of sp³-hybridized carbons (Fsp3) is 0.773. The fourth-order valence-corrected chi connectivity index (χ4v) is 8.82. The normalized spacial score (nSPS) is 12.5. The Bertz CT molecular complexity index is 1340. The van der Waals surface area contributed by atoms with Gasteiger partial charge in [-0.3, -0.25) is 14.4 Å². The highest BCUT2D eigenvalue weighted by Gasteiger charge is 2.19. The second-order valence-electron chi connectivity index (χ2n) is 20.6. The molecule has 1 unspecified atom stereocenters. The van der Waals surface area contributed by atoms with Gasteiger partial charge in [0.15, 0.2) is 6.10 Å². The highest BCUT2D eigenvalue weighted by atomic mass is 16.6. The van der Waals surface area contributed by atoms with Crippen molar-refractivity contribution in [3.8, 4) is 0 Å². The Morgan fingerprint density at radius 1 is 0.292 bits per heavy atom. The molecule has 0 N–H and O–H groups in total. The Balaban J connectivity index is 4.35. The molecule has 0 fully saturated rings. The van der Waals surface area contributed by atoms with Crippen molar-refractivity contribution in [1.29, 1.82) is 0 Å². The molecule has 0 aromatic heterocycles. The minimum absolute atomic E-state index is 0.0865. The molecular weight excluding hydrogens is 889 g/mol. The van der Waals surface area contributed by atoms with Crippen LogP contribution in [0.2, 0.25) is 0 Å². The van der Waals surface area contributed by atoms with Gasteiger partial charge < -0.3 is 14.2 Å². The van der Waals surface area contributed by atoms with Gasteiger partial charge in [-0.15, -0.1) is 0 Å². The van der Waals surface area contributed by atoms with Gasteiger partial charge in [0.2, 0.25) is 0 Å². The number of esters is 3. The Kier molecular flexibility index (Phi) is 57.8. The van der Waals surface area contributed by atoms with Gasteiger partial charge in [-0.05, 0) is 89.9 Å². The molecule has 0 amide bonds. The van der Waals surface area contributed by atoms with E-state index in [1.807, 2.05) is 0 Å². The van der Waals surface area contributed by atoms with E-state index in [2.05, 4.69) is 93.7 Å². The van der Waals surface area contributed by atoms with Crippen molar-refractivity contribution in [3.05, 3.63) is 72.9 Å². The van der Waals surface area contributed by atoms with Crippen molar-refractivity contribution >= 4 is 17.9 Å². The van der Waals surface area contributed by atoms with E-state index in [-0.39, 0.29) is 31.1 Å². The summed E-state index contributed by atoms with van der Waals surface area (Å²) in [6, 6.07) is 0. The number of carbonyl (C=O) groups is 3. The quantitative estimate of drug-likeness (QED) is 0.0261. The van der Waals surface area contributed by atoms with Crippen LogP contribution in [0.5, 0.6) is 0 Å². The van der Waals surface area contributed by atoms with Gasteiger partial charge in [-0.1, -0.05) is 273 Å². The predicted molar refractivity (Wildman–Crippen MR) is 311 cm³/mol. The SMILES string of the molecule is CC/C=C\C/C=C\C/C=C\CCCCCC(=O)OCC(COC(=O)CCCCCCCCCC/C=C\C/C=C\C/C=C\CCCCCCC)OC(=O)CCCCCCCCCCCCCCCCCCCC. The van der Waals surface area contributed by atoms with Gasteiger partial charge in [-0.25, -0.2) is 0 Å². The van der Waals surface area contributed by atoms with E-state index in [0.717, 1.165) is 103 Å². The minimum Gasteiger partial charge on any atom is -0.462 e. The number of unbranched alkanes of at least 4 members (excludes halogenated alkanes) is 33. The summed E-state index contributed by atoms with van der Waals surface area (Å²) in [5.41, 5.74) is 0. The minimum atomic E-state index is -0.790. The Morgan fingerprint density at radius 2 is 0.542 bits per heavy atom. The standard InChI is InChI=1S/C66H116O6/c1-4-7-10-13-16-19-22-25-27-29-31-32-33-34-35-37-38-41-44-47-50-53-56-59-65(68)71-62-63(61-70-64(67)58-55-52-49-46-43-40-24-21-18-15-12-9-6-3)72-66(69)60-57-54-51-48-45-42-39-36-30-28-26-23-20-17-14-11-8-5-2/h9,12,18,21-22,25,29,31,33-34,40,43,63H,4-8,10-11,13-17,19-20,23-24,26-28,30,32,35-39,41-42,44-62H2,1-3H3/b12-9-,21-18-,25-22-,31-29-,34-33-,43-40-. The van der Waals surface area contributed by atoms with E-state index >= 15 is 0 Å². The first-order valence-corrected chi connectivity index (χ1v) is 30.9. The lowest BCUT2D eigenvalue weighted by molar-refractivity contribution is -0.167. The molecule has 0 heterocycles. The summed E-state index contributed by atoms with van der Waals surface area (Å²) >= 11 is 0. The summed E-state index contributed by atoms with van der Waals surface area (Å²) < 4.78 is 16.9. The van der Waals surface area contributed by atoms with Gasteiger partial charge >= 0.3 is 17.9 Å². The second-order valence-corrected chi connectivity index (χ2v) is 20.6. The van der Waals surface area contributed by atoms with Crippen molar-refractivity contribution in [2.75, 3.05) is 13.2 Å². The molecule has 72 heavy (non-hydrogen) atoms. The van der Waals surface area contributed by atoms with Crippen LogP contribution in [-0.4, -0.2) is 37.2 Å². The first-order chi connectivity index (χ1) is 35.5. The molecule has 0 aliphatic heterocycles. The van der Waals surface area contributed by atoms with Gasteiger partial charge in [0.1, 0.15) is 13.2 Å². The highest BCUT2D eigenvalue weighted by Crippen LogP contribution is 2.16. The van der Waals surface area contributed by atoms with E-state index in [1.54, 1.807) is 0 Å². The maximum Gasteiger partial charge on any atom is 0.306 e. The zero-order chi connectivity index (χ0) is 52.2. The molecule has 416 valence electrons. The first-order valence-electron chi connectivity index (χ1n) is 30.9. The summed E-state index contributed by atoms with van der Waals surface area (Å²) in [6.07, 6.45) is 77.6. The lowest BCUT2D eigenvalue weighted by atomic mass is 10.0. The van der Waals surface area contributed by atoms with Crippen LogP contribution in [0.1, 0.15) is 310 Å². The van der Waals surface area contributed by atoms with Crippen molar-refractivity contribution in [3.63, 3.8) is 0 Å². The molecule has 0 rings (SSSR count). The van der Waals surface area contributed by atoms with Crippen LogP contribution in [-0.2, 0) is 28.6 Å². The molecule has 6 heteroatoms. The zero-order valence-electron chi connectivity index (χ0n) is 47.7. The van der Waals surface area contributed by atoms with Crippen LogP contribution in [0.25, 0.3) is 0 Å². The maximum absolute atomic E-state index is 12.9. The number of ether oxygens (including phenoxy) is 3. The molecule has 0 aromatic carbocycles. The molecule has 0 bridgehead atoms. The summed E-state index contributed by atoms with van der Waals surface area (Å²) in [6.45, 7) is 6.52. The Morgan fingerprint density at radius 3 is 0.861 bits per heavy atom. The van der Waals surface area contributed by atoms with Crippen LogP contribution in [0.3, 0.4) is 0 Å². The van der Waals surface area contributed by atoms with Crippen LogP contribution in [0, 0.1) is 0 Å². The van der Waals surface area contributed by atoms with Crippen molar-refractivity contribution < 1.29 is 28.6 Å². The monoisotopic (exact) mass is 1000 g/mol. The largest absolute Gasteiger partial charge is 0.462 e. The zero-order valence-corrected chi connectivity index (χ0v) is 47.7. The molecule has 0 aliphatic rings. The van der Waals surface area contributed by atoms with Crippen LogP contribution >= 0.6 is 0 Å². The lowest BCUT2D eigenvalue weighted by Gasteiger charge is -2.18. The predicted octanol–water partition coefficient (Wildman–Crippen LogP) is 20.9. The maximum atomic E-state index is 12.9. The molecule has 0 aliphatic carbocycles. The Labute approximate surface area is 446 Å². The van der Waals surface area contributed by atoms with E-state index in [9.17, 15) is 14.4 Å². The summed E-state index contributed by atoms with van der Waals surface area (Å²) in [5.74, 6) is -0.910. The van der Waals surface area contributed by atoms with E-state index in [4.69, 9.17) is 14.2 Å². The van der Waals surface area contributed by atoms with Gasteiger partial charge in [0, 0.05) is 19.3 Å². The number of rotatable bonds is 56. The highest BCUT2D eigenvalue weighted by molar-refractivity contribution is 5.71. The fourth-order valence-electron chi connectivity index (χ4n) is 8.82. The molecule has 0 saturated carbocycles. The van der Waals surface area contributed by atoms with Crippen molar-refractivity contribution in [2.24, 2.45) is 0 Å². The molecule has 1 atom stereocenters. The summed E-state index contributed by atoms with van der Waals surface area (Å²) in [7, 11) is 0. The number of carbonyl (C=O) groups excluding carboxylic acids is 3. The van der Waals surface area contributed by atoms with Crippen molar-refractivity contribution in [1.82, 2.24) is 0 Å². The third-order valence-corrected chi connectivity index (χ3v) is 13.4. The second kappa shape index (κ2) is 60.4. The third-order valence-electron chi connectivity index (χ3n) is 13.4. The molecule has 0 radical (unpaired) electrons. The van der Waals surface area contributed by atoms with Crippen LogP contribution in [0.15, 0.2) is 72.9 Å². The summed E-state index contributed by atoms with van der Waals surface area (Å²) in [5, 5.41) is 0. The van der Waals surface area contributed by atoms with Gasteiger partial charge in [-0.2, -0.15) is 0 Å². The van der Waals surface area contributed by atoms with E-state index < -0.39 is 6.10 Å². The molecule has 0 saturated heterocycles. The average Bonchev–Trinajstić information content (AvgIpc) is 3.38. The number of hydrogen-bond acceptors (Lipinski definition) is 6. The van der Waals surface area contributed by atoms with E-state index in [1.165, 1.54) is 167 Å². The third kappa shape index (κ3) is 57.7. The molecule has 0 spiro atoms. The van der Waals surface area contributed by atoms with Crippen LogP contribution in [0.4, 0.5) is 0 Å². The van der Waals surface area contributed by atoms with Crippen molar-refractivity contribution in [2.45, 2.75) is 316 Å². The molecule has 0 aromatic rings. The van der Waals surface area contributed by atoms with Crippen LogP contribution < -0.4 is 0 Å².